The third kappa shape index (κ3) is 3.10. The summed E-state index contributed by atoms with van der Waals surface area (Å²) in [5.74, 6) is 1.60. The lowest BCUT2D eigenvalue weighted by Crippen LogP contribution is -2.38. The van der Waals surface area contributed by atoms with Gasteiger partial charge in [-0.2, -0.15) is 5.10 Å². The molecule has 2 fully saturated rings. The molecule has 0 radical (unpaired) electrons. The summed E-state index contributed by atoms with van der Waals surface area (Å²) in [7, 11) is 1.90. The molecule has 0 unspecified atom stereocenters. The number of fused-ring (bicyclic) bond motifs is 2. The number of aromatic nitrogens is 4. The Hall–Kier alpha value is -3.22. The second-order valence-electron chi connectivity index (χ2n) is 8.86. The fourth-order valence-corrected chi connectivity index (χ4v) is 4.79. The molecular weight excluding hydrogens is 390 g/mol. The van der Waals surface area contributed by atoms with E-state index in [1.807, 2.05) is 49.2 Å². The first-order chi connectivity index (χ1) is 15.1. The van der Waals surface area contributed by atoms with Crippen LogP contribution in [0.1, 0.15) is 65.2 Å². The van der Waals surface area contributed by atoms with E-state index in [2.05, 4.69) is 10.1 Å². The van der Waals surface area contributed by atoms with Crippen LogP contribution < -0.4 is 0 Å². The molecule has 1 aliphatic carbocycles. The van der Waals surface area contributed by atoms with Crippen LogP contribution in [0.4, 0.5) is 0 Å². The number of para-hydroxylation sites is 2. The number of hydrogen-bond acceptors (Lipinski definition) is 5. The van der Waals surface area contributed by atoms with Crippen LogP contribution in [0.15, 0.2) is 34.7 Å². The minimum Gasteiger partial charge on any atom is -0.440 e. The van der Waals surface area contributed by atoms with Crippen LogP contribution in [-0.4, -0.2) is 43.6 Å². The van der Waals surface area contributed by atoms with Crippen molar-refractivity contribution in [2.75, 3.05) is 13.1 Å². The Morgan fingerprint density at radius 3 is 2.58 bits per heavy atom. The van der Waals surface area contributed by atoms with Gasteiger partial charge in [-0.05, 0) is 50.8 Å². The largest absolute Gasteiger partial charge is 0.440 e. The van der Waals surface area contributed by atoms with Gasteiger partial charge in [0.1, 0.15) is 5.52 Å². The second-order valence-corrected chi connectivity index (χ2v) is 8.86. The van der Waals surface area contributed by atoms with Gasteiger partial charge in [-0.3, -0.25) is 9.48 Å². The summed E-state index contributed by atoms with van der Waals surface area (Å²) in [6.07, 6.45) is 4.01. The van der Waals surface area contributed by atoms with Crippen LogP contribution in [-0.2, 0) is 7.05 Å². The van der Waals surface area contributed by atoms with Crippen LogP contribution in [0.3, 0.4) is 0 Å². The maximum Gasteiger partial charge on any atom is 0.254 e. The minimum absolute atomic E-state index is 0.0846. The molecule has 1 aromatic carbocycles. The van der Waals surface area contributed by atoms with E-state index in [0.717, 1.165) is 70.7 Å². The highest BCUT2D eigenvalue weighted by Gasteiger charge is 2.32. The monoisotopic (exact) mass is 415 g/mol. The molecule has 158 valence electrons. The lowest BCUT2D eigenvalue weighted by molar-refractivity contribution is 0.0708. The number of aryl methyl sites for hydroxylation is 2. The molecule has 2 aliphatic rings. The van der Waals surface area contributed by atoms with Crippen molar-refractivity contribution < 1.29 is 9.21 Å². The predicted molar refractivity (Wildman–Crippen MR) is 117 cm³/mol. The first kappa shape index (κ1) is 18.5. The number of carbonyl (C=O) groups excluding carboxylic acids is 1. The number of nitrogens with zero attached hydrogens (tertiary/aromatic N) is 5. The lowest BCUT2D eigenvalue weighted by Gasteiger charge is -2.31. The lowest BCUT2D eigenvalue weighted by atomic mass is 9.96. The van der Waals surface area contributed by atoms with Crippen molar-refractivity contribution in [3.63, 3.8) is 0 Å². The van der Waals surface area contributed by atoms with E-state index in [4.69, 9.17) is 9.40 Å². The first-order valence-corrected chi connectivity index (χ1v) is 11.1. The average molecular weight is 415 g/mol. The zero-order valence-electron chi connectivity index (χ0n) is 17.8. The fourth-order valence-electron chi connectivity index (χ4n) is 4.79. The van der Waals surface area contributed by atoms with E-state index in [0.29, 0.717) is 19.0 Å². The fraction of sp³-hybridized carbons (Fsp3) is 0.417. The summed E-state index contributed by atoms with van der Waals surface area (Å²) in [5.41, 5.74) is 5.17. The molecular formula is C24H25N5O2. The van der Waals surface area contributed by atoms with Gasteiger partial charge in [0.25, 0.3) is 5.91 Å². The van der Waals surface area contributed by atoms with E-state index < -0.39 is 0 Å². The molecule has 4 aromatic rings. The summed E-state index contributed by atoms with van der Waals surface area (Å²) >= 11 is 0. The van der Waals surface area contributed by atoms with Gasteiger partial charge in [0, 0.05) is 37.7 Å². The number of likely N-dealkylation sites (tertiary alicyclic amines) is 1. The van der Waals surface area contributed by atoms with Crippen LogP contribution >= 0.6 is 0 Å². The molecule has 7 heteroatoms. The first-order valence-electron chi connectivity index (χ1n) is 11.1. The van der Waals surface area contributed by atoms with Gasteiger partial charge in [-0.15, -0.1) is 0 Å². The zero-order chi connectivity index (χ0) is 21.1. The summed E-state index contributed by atoms with van der Waals surface area (Å²) < 4.78 is 7.78. The third-order valence-corrected chi connectivity index (χ3v) is 6.66. The van der Waals surface area contributed by atoms with Gasteiger partial charge >= 0.3 is 0 Å². The smallest absolute Gasteiger partial charge is 0.254 e. The molecule has 0 N–H and O–H groups in total. The Balaban J connectivity index is 1.27. The molecule has 7 nitrogen and oxygen atoms in total. The van der Waals surface area contributed by atoms with Crippen LogP contribution in [0.5, 0.6) is 0 Å². The van der Waals surface area contributed by atoms with Crippen molar-refractivity contribution in [1.29, 1.82) is 0 Å². The normalized spacial score (nSPS) is 17.7. The topological polar surface area (TPSA) is 77.1 Å². The number of benzene rings is 1. The number of oxazole rings is 1. The van der Waals surface area contributed by atoms with Gasteiger partial charge in [0.2, 0.25) is 0 Å². The number of carbonyl (C=O) groups is 1. The molecule has 3 aromatic heterocycles. The number of rotatable bonds is 3. The molecule has 0 atom stereocenters. The average Bonchev–Trinajstić information content (AvgIpc) is 3.49. The van der Waals surface area contributed by atoms with E-state index in [-0.39, 0.29) is 11.8 Å². The van der Waals surface area contributed by atoms with Gasteiger partial charge in [0.05, 0.1) is 16.6 Å². The molecule has 1 aliphatic heterocycles. The molecule has 1 amide bonds. The Morgan fingerprint density at radius 2 is 1.84 bits per heavy atom. The Bertz CT molecular complexity index is 1280. The summed E-state index contributed by atoms with van der Waals surface area (Å²) in [6, 6.07) is 9.88. The van der Waals surface area contributed by atoms with E-state index in [1.54, 1.807) is 4.68 Å². The van der Waals surface area contributed by atoms with E-state index in [9.17, 15) is 4.79 Å². The molecule has 0 spiro atoms. The molecule has 6 rings (SSSR count). The number of piperidine rings is 1. The van der Waals surface area contributed by atoms with Crippen molar-refractivity contribution in [3.8, 4) is 0 Å². The van der Waals surface area contributed by atoms with Crippen molar-refractivity contribution in [2.24, 2.45) is 7.05 Å². The molecule has 0 bridgehead atoms. The number of hydrogen-bond donors (Lipinski definition) is 0. The summed E-state index contributed by atoms with van der Waals surface area (Å²) in [6.45, 7) is 3.35. The predicted octanol–water partition coefficient (Wildman–Crippen LogP) is 4.32. The summed E-state index contributed by atoms with van der Waals surface area (Å²) in [5, 5.41) is 5.42. The van der Waals surface area contributed by atoms with Crippen molar-refractivity contribution in [2.45, 2.75) is 44.4 Å². The maximum absolute atomic E-state index is 13.6. The third-order valence-electron chi connectivity index (χ3n) is 6.66. The number of pyridine rings is 1. The highest BCUT2D eigenvalue weighted by molar-refractivity contribution is 6.06. The van der Waals surface area contributed by atoms with Gasteiger partial charge in [-0.1, -0.05) is 12.1 Å². The Labute approximate surface area is 180 Å². The standard InChI is InChI=1S/C24H25N5O2/c1-14-21-17(13-19(15-7-8-15)25-22(21)28(2)27-14)24(30)29-11-9-16(10-12-29)23-26-18-5-3-4-6-20(18)31-23/h3-6,13,15-16H,7-12H2,1-2H3. The van der Waals surface area contributed by atoms with Crippen molar-refractivity contribution in [3.05, 3.63) is 53.2 Å². The SMILES string of the molecule is Cc1nn(C)c2nc(C3CC3)cc(C(=O)N3CCC(c4nc5ccccc5o4)CC3)c12. The quantitative estimate of drug-likeness (QED) is 0.498. The van der Waals surface area contributed by atoms with Crippen LogP contribution in [0, 0.1) is 6.92 Å². The Morgan fingerprint density at radius 1 is 1.06 bits per heavy atom. The highest BCUT2D eigenvalue weighted by atomic mass is 16.3. The maximum atomic E-state index is 13.6. The van der Waals surface area contributed by atoms with Gasteiger partial charge in [0.15, 0.2) is 17.1 Å². The van der Waals surface area contributed by atoms with E-state index in [1.165, 1.54) is 0 Å². The van der Waals surface area contributed by atoms with Crippen molar-refractivity contribution >= 4 is 28.0 Å². The Kier molecular flexibility index (Phi) is 4.13. The molecule has 4 heterocycles. The van der Waals surface area contributed by atoms with Crippen LogP contribution in [0.25, 0.3) is 22.1 Å². The van der Waals surface area contributed by atoms with Crippen LogP contribution in [0.2, 0.25) is 0 Å². The van der Waals surface area contributed by atoms with E-state index >= 15 is 0 Å². The zero-order valence-corrected chi connectivity index (χ0v) is 17.8. The molecule has 31 heavy (non-hydrogen) atoms. The highest BCUT2D eigenvalue weighted by Crippen LogP contribution is 2.41. The van der Waals surface area contributed by atoms with Crippen molar-refractivity contribution in [1.82, 2.24) is 24.6 Å². The summed E-state index contributed by atoms with van der Waals surface area (Å²) in [4.78, 5) is 25.0. The second kappa shape index (κ2) is 6.90. The molecule has 1 saturated carbocycles. The van der Waals surface area contributed by atoms with Gasteiger partial charge in [-0.25, -0.2) is 9.97 Å². The number of amides is 1. The molecule has 1 saturated heterocycles. The van der Waals surface area contributed by atoms with Gasteiger partial charge < -0.3 is 9.32 Å². The minimum atomic E-state index is 0.0846.